The Morgan fingerprint density at radius 2 is 0.641 bits per heavy atom. The standard InChI is InChI=1S/C72H137NO5/c1-3-5-7-9-11-13-15-17-19-33-36-40-44-48-52-56-60-64-70(75)69(68-74)73-71(76)65-61-57-53-49-45-41-37-34-31-29-27-25-23-21-22-24-26-28-30-32-35-39-43-47-51-55-59-63-67-78-72(77)66-62-58-54-50-46-42-38-20-18-16-14-12-10-8-6-4-2/h14,16,20-22,38,69-70,74-75H,3-13,15,17-19,23-37,39-68H2,1-2H3,(H,73,76)/b16-14-,22-21-,38-20-. The van der Waals surface area contributed by atoms with E-state index >= 15 is 0 Å². The summed E-state index contributed by atoms with van der Waals surface area (Å²) in [6, 6.07) is -0.542. The van der Waals surface area contributed by atoms with Gasteiger partial charge in [0.25, 0.3) is 0 Å². The van der Waals surface area contributed by atoms with Crippen LogP contribution in [0, 0.1) is 0 Å². The van der Waals surface area contributed by atoms with Gasteiger partial charge in [-0.15, -0.1) is 0 Å². The number of unbranched alkanes of at least 4 members (excludes halogenated alkanes) is 49. The van der Waals surface area contributed by atoms with Crippen LogP contribution >= 0.6 is 0 Å². The van der Waals surface area contributed by atoms with Crippen molar-refractivity contribution in [3.05, 3.63) is 36.5 Å². The van der Waals surface area contributed by atoms with E-state index in [4.69, 9.17) is 4.74 Å². The molecule has 2 unspecified atom stereocenters. The maximum absolute atomic E-state index is 12.5. The average Bonchev–Trinajstić information content (AvgIpc) is 3.44. The highest BCUT2D eigenvalue weighted by molar-refractivity contribution is 5.76. The second-order valence-corrected chi connectivity index (χ2v) is 24.2. The van der Waals surface area contributed by atoms with Crippen LogP contribution in [0.15, 0.2) is 36.5 Å². The van der Waals surface area contributed by atoms with Crippen molar-refractivity contribution in [1.29, 1.82) is 0 Å². The largest absolute Gasteiger partial charge is 0.466 e. The first-order valence-electron chi connectivity index (χ1n) is 35.2. The van der Waals surface area contributed by atoms with Gasteiger partial charge < -0.3 is 20.3 Å². The first kappa shape index (κ1) is 76.1. The molecule has 0 heterocycles. The van der Waals surface area contributed by atoms with E-state index in [1.54, 1.807) is 0 Å². The van der Waals surface area contributed by atoms with Gasteiger partial charge in [-0.2, -0.15) is 0 Å². The molecule has 0 fully saturated rings. The lowest BCUT2D eigenvalue weighted by molar-refractivity contribution is -0.143. The summed E-state index contributed by atoms with van der Waals surface area (Å²) in [7, 11) is 0. The lowest BCUT2D eigenvalue weighted by Gasteiger charge is -2.22. The summed E-state index contributed by atoms with van der Waals surface area (Å²) in [5.74, 6) is -0.0292. The Bertz CT molecular complexity index is 1260. The Kier molecular flexibility index (Phi) is 65.9. The number of esters is 1. The third-order valence-electron chi connectivity index (χ3n) is 16.4. The van der Waals surface area contributed by atoms with Crippen LogP contribution in [-0.4, -0.2) is 47.4 Å². The number of rotatable bonds is 66. The number of ether oxygens (including phenoxy) is 1. The molecule has 0 spiro atoms. The summed E-state index contributed by atoms with van der Waals surface area (Å²) < 4.78 is 5.49. The molecule has 0 aliphatic carbocycles. The molecule has 0 radical (unpaired) electrons. The number of aliphatic hydroxyl groups is 2. The van der Waals surface area contributed by atoms with Crippen molar-refractivity contribution < 1.29 is 24.5 Å². The molecule has 0 saturated heterocycles. The fourth-order valence-electron chi connectivity index (χ4n) is 11.0. The second kappa shape index (κ2) is 67.6. The predicted octanol–water partition coefficient (Wildman–Crippen LogP) is 22.7. The van der Waals surface area contributed by atoms with E-state index in [2.05, 4.69) is 55.6 Å². The van der Waals surface area contributed by atoms with E-state index < -0.39 is 12.1 Å². The van der Waals surface area contributed by atoms with Gasteiger partial charge in [0, 0.05) is 12.8 Å². The smallest absolute Gasteiger partial charge is 0.305 e. The molecule has 0 aliphatic rings. The maximum Gasteiger partial charge on any atom is 0.305 e. The summed E-state index contributed by atoms with van der Waals surface area (Å²) in [4.78, 5) is 24.6. The molecule has 6 nitrogen and oxygen atoms in total. The average molecular weight is 1100 g/mol. The summed E-state index contributed by atoms with van der Waals surface area (Å²) in [6.45, 7) is 4.96. The predicted molar refractivity (Wildman–Crippen MR) is 343 cm³/mol. The molecule has 460 valence electrons. The molecule has 1 amide bonds. The van der Waals surface area contributed by atoms with Gasteiger partial charge in [-0.1, -0.05) is 326 Å². The summed E-state index contributed by atoms with van der Waals surface area (Å²) >= 11 is 0. The van der Waals surface area contributed by atoms with Crippen molar-refractivity contribution in [2.75, 3.05) is 13.2 Å². The SMILES string of the molecule is CCCCCC/C=C\C/C=C\CCCCCCCC(=O)OCCCCCCCCCCCCCC/C=C\CCCCCCCCCCCCCCC(=O)NC(CO)C(O)CCCCCCCCCCCCCCCCCCC. The van der Waals surface area contributed by atoms with Gasteiger partial charge in [-0.3, -0.25) is 9.59 Å². The highest BCUT2D eigenvalue weighted by Gasteiger charge is 2.20. The molecule has 0 aromatic rings. The first-order chi connectivity index (χ1) is 38.5. The van der Waals surface area contributed by atoms with E-state index in [1.165, 1.54) is 302 Å². The van der Waals surface area contributed by atoms with Crippen molar-refractivity contribution in [2.24, 2.45) is 0 Å². The lowest BCUT2D eigenvalue weighted by atomic mass is 10.0. The maximum atomic E-state index is 12.5. The summed E-state index contributed by atoms with van der Waals surface area (Å²) in [5.41, 5.74) is 0. The Morgan fingerprint density at radius 3 is 1.00 bits per heavy atom. The third kappa shape index (κ3) is 63.3. The Hall–Kier alpha value is -1.92. The van der Waals surface area contributed by atoms with Crippen LogP contribution in [-0.2, 0) is 14.3 Å². The molecular weight excluding hydrogens is 959 g/mol. The molecule has 0 bridgehead atoms. The number of aliphatic hydroxyl groups excluding tert-OH is 2. The normalized spacial score (nSPS) is 12.7. The van der Waals surface area contributed by atoms with Gasteiger partial charge in [0.05, 0.1) is 25.4 Å². The summed E-state index contributed by atoms with van der Waals surface area (Å²) in [5, 5.41) is 23.4. The van der Waals surface area contributed by atoms with Gasteiger partial charge >= 0.3 is 5.97 Å². The monoisotopic (exact) mass is 1100 g/mol. The molecule has 0 saturated carbocycles. The van der Waals surface area contributed by atoms with E-state index in [0.717, 1.165) is 51.4 Å². The second-order valence-electron chi connectivity index (χ2n) is 24.2. The minimum Gasteiger partial charge on any atom is -0.466 e. The van der Waals surface area contributed by atoms with Gasteiger partial charge in [0.1, 0.15) is 0 Å². The number of hydrogen-bond acceptors (Lipinski definition) is 5. The van der Waals surface area contributed by atoms with Crippen molar-refractivity contribution >= 4 is 11.9 Å². The van der Waals surface area contributed by atoms with Crippen LogP contribution in [0.1, 0.15) is 386 Å². The fourth-order valence-corrected chi connectivity index (χ4v) is 11.0. The first-order valence-corrected chi connectivity index (χ1v) is 35.2. The molecule has 78 heavy (non-hydrogen) atoms. The summed E-state index contributed by atoms with van der Waals surface area (Å²) in [6.07, 6.45) is 86.2. The van der Waals surface area contributed by atoms with Gasteiger partial charge in [0.15, 0.2) is 0 Å². The molecule has 2 atom stereocenters. The number of hydrogen-bond donors (Lipinski definition) is 3. The molecule has 0 aliphatic heterocycles. The van der Waals surface area contributed by atoms with E-state index in [-0.39, 0.29) is 18.5 Å². The van der Waals surface area contributed by atoms with Crippen LogP contribution in [0.25, 0.3) is 0 Å². The van der Waals surface area contributed by atoms with E-state index in [1.807, 2.05) is 0 Å². The Morgan fingerprint density at radius 1 is 0.359 bits per heavy atom. The number of allylic oxidation sites excluding steroid dienone is 6. The molecule has 6 heteroatoms. The number of carbonyl (C=O) groups excluding carboxylic acids is 2. The molecule has 3 N–H and O–H groups in total. The third-order valence-corrected chi connectivity index (χ3v) is 16.4. The minimum absolute atomic E-state index is 0.00277. The van der Waals surface area contributed by atoms with Crippen LogP contribution in [0.3, 0.4) is 0 Å². The van der Waals surface area contributed by atoms with Gasteiger partial charge in [0.2, 0.25) is 5.91 Å². The number of carbonyl (C=O) groups is 2. The zero-order valence-electron chi connectivity index (χ0n) is 52.7. The van der Waals surface area contributed by atoms with Crippen molar-refractivity contribution in [3.63, 3.8) is 0 Å². The van der Waals surface area contributed by atoms with Gasteiger partial charge in [-0.05, 0) is 83.5 Å². The van der Waals surface area contributed by atoms with Crippen LogP contribution in [0.4, 0.5) is 0 Å². The quantitative estimate of drug-likeness (QED) is 0.0320. The number of nitrogens with one attached hydrogen (secondary N) is 1. The molecule has 0 rings (SSSR count). The fraction of sp³-hybridized carbons (Fsp3) is 0.889. The van der Waals surface area contributed by atoms with Crippen molar-refractivity contribution in [3.8, 4) is 0 Å². The van der Waals surface area contributed by atoms with E-state index in [9.17, 15) is 19.8 Å². The highest BCUT2D eigenvalue weighted by Crippen LogP contribution is 2.18. The van der Waals surface area contributed by atoms with E-state index in [0.29, 0.717) is 25.9 Å². The Labute approximate surface area is 487 Å². The topological polar surface area (TPSA) is 95.9 Å². The molecule has 0 aromatic heterocycles. The minimum atomic E-state index is -0.665. The van der Waals surface area contributed by atoms with Crippen LogP contribution < -0.4 is 5.32 Å². The van der Waals surface area contributed by atoms with Crippen LogP contribution in [0.5, 0.6) is 0 Å². The number of amides is 1. The highest BCUT2D eigenvalue weighted by atomic mass is 16.5. The van der Waals surface area contributed by atoms with Crippen molar-refractivity contribution in [1.82, 2.24) is 5.32 Å². The zero-order chi connectivity index (χ0) is 56.4. The zero-order valence-corrected chi connectivity index (χ0v) is 52.7. The Balaban J connectivity index is 3.38. The molecular formula is C72H137NO5. The van der Waals surface area contributed by atoms with Gasteiger partial charge in [-0.25, -0.2) is 0 Å². The van der Waals surface area contributed by atoms with Crippen molar-refractivity contribution in [2.45, 2.75) is 398 Å². The molecule has 0 aromatic carbocycles. The lowest BCUT2D eigenvalue weighted by Crippen LogP contribution is -2.45. The van der Waals surface area contributed by atoms with Crippen LogP contribution in [0.2, 0.25) is 0 Å².